The van der Waals surface area contributed by atoms with Gasteiger partial charge in [-0.05, 0) is 11.1 Å². The normalized spacial score (nSPS) is 12.0. The predicted octanol–water partition coefficient (Wildman–Crippen LogP) is 5.50. The summed E-state index contributed by atoms with van der Waals surface area (Å²) in [6, 6.07) is 0. The molecule has 0 N–H and O–H groups in total. The quantitative estimate of drug-likeness (QED) is 0.459. The molecule has 0 aromatic heterocycles. The SMILES string of the molecule is ClC(Cl)C(=C(C(Cl)Cl)C(Cl)Cl)C(Cl)Cl. The zero-order valence-corrected chi connectivity index (χ0v) is 12.4. The molecule has 0 aliphatic carbocycles. The molecule has 0 aliphatic heterocycles. The Morgan fingerprint density at radius 2 is 0.571 bits per heavy atom. The van der Waals surface area contributed by atoms with Crippen molar-refractivity contribution in [2.24, 2.45) is 0 Å². The van der Waals surface area contributed by atoms with Crippen LogP contribution >= 0.6 is 92.8 Å². The molecular formula is C6H4Cl8. The summed E-state index contributed by atoms with van der Waals surface area (Å²) >= 11 is 45.0. The van der Waals surface area contributed by atoms with Gasteiger partial charge in [-0.3, -0.25) is 0 Å². The summed E-state index contributed by atoms with van der Waals surface area (Å²) in [5.41, 5.74) is 0.420. The van der Waals surface area contributed by atoms with Gasteiger partial charge in [0, 0.05) is 0 Å². The number of alkyl halides is 8. The van der Waals surface area contributed by atoms with Crippen molar-refractivity contribution in [2.75, 3.05) is 0 Å². The largest absolute Gasteiger partial charge is 0.131 e. The smallest absolute Gasteiger partial charge is 0.100 e. The number of hydrogen-bond acceptors (Lipinski definition) is 0. The van der Waals surface area contributed by atoms with E-state index < -0.39 is 19.3 Å². The van der Waals surface area contributed by atoms with Gasteiger partial charge in [-0.15, -0.1) is 92.8 Å². The van der Waals surface area contributed by atoms with Gasteiger partial charge in [0.1, 0.15) is 19.3 Å². The van der Waals surface area contributed by atoms with Crippen molar-refractivity contribution >= 4 is 92.8 Å². The first-order chi connectivity index (χ1) is 6.29. The zero-order valence-electron chi connectivity index (χ0n) is 6.33. The lowest BCUT2D eigenvalue weighted by molar-refractivity contribution is 1.12. The highest BCUT2D eigenvalue weighted by Gasteiger charge is 2.27. The molecule has 14 heavy (non-hydrogen) atoms. The molecule has 0 aliphatic rings. The average molecular weight is 360 g/mol. The highest BCUT2D eigenvalue weighted by Crippen LogP contribution is 2.36. The number of allylic oxidation sites excluding steroid dienone is 2. The highest BCUT2D eigenvalue weighted by atomic mass is 35.5. The first-order valence-corrected chi connectivity index (χ1v) is 6.64. The molecule has 0 aromatic carbocycles. The Bertz CT molecular complexity index is 164. The third-order valence-corrected chi connectivity index (χ3v) is 3.15. The van der Waals surface area contributed by atoms with E-state index in [0.29, 0.717) is 0 Å². The fourth-order valence-electron chi connectivity index (χ4n) is 0.694. The van der Waals surface area contributed by atoms with E-state index in [1.807, 2.05) is 0 Å². The van der Waals surface area contributed by atoms with E-state index >= 15 is 0 Å². The van der Waals surface area contributed by atoms with Gasteiger partial charge in [0.15, 0.2) is 0 Å². The topological polar surface area (TPSA) is 0 Å². The zero-order chi connectivity index (χ0) is 11.5. The van der Waals surface area contributed by atoms with Crippen LogP contribution in [0.1, 0.15) is 0 Å². The Morgan fingerprint density at radius 3 is 0.643 bits per heavy atom. The number of rotatable bonds is 4. The van der Waals surface area contributed by atoms with E-state index in [-0.39, 0.29) is 11.1 Å². The second kappa shape index (κ2) is 7.40. The summed E-state index contributed by atoms with van der Waals surface area (Å²) in [5, 5.41) is 0. The molecule has 8 heteroatoms. The maximum atomic E-state index is 5.63. The maximum absolute atomic E-state index is 5.63. The highest BCUT2D eigenvalue weighted by molar-refractivity contribution is 6.54. The minimum Gasteiger partial charge on any atom is -0.100 e. The minimum atomic E-state index is -0.968. The van der Waals surface area contributed by atoms with Crippen LogP contribution in [0.25, 0.3) is 0 Å². The van der Waals surface area contributed by atoms with E-state index in [4.69, 9.17) is 92.8 Å². The predicted molar refractivity (Wildman–Crippen MR) is 69.0 cm³/mol. The van der Waals surface area contributed by atoms with Crippen LogP contribution in [0.3, 0.4) is 0 Å². The van der Waals surface area contributed by atoms with Crippen molar-refractivity contribution < 1.29 is 0 Å². The minimum absolute atomic E-state index is 0.210. The Morgan fingerprint density at radius 1 is 0.429 bits per heavy atom. The van der Waals surface area contributed by atoms with Crippen molar-refractivity contribution in [1.82, 2.24) is 0 Å². The third-order valence-electron chi connectivity index (χ3n) is 1.27. The van der Waals surface area contributed by atoms with Gasteiger partial charge >= 0.3 is 0 Å². The van der Waals surface area contributed by atoms with E-state index in [9.17, 15) is 0 Å². The van der Waals surface area contributed by atoms with Crippen LogP contribution in [0.15, 0.2) is 11.1 Å². The number of hydrogen-bond donors (Lipinski definition) is 0. The van der Waals surface area contributed by atoms with Gasteiger partial charge in [-0.1, -0.05) is 0 Å². The van der Waals surface area contributed by atoms with Gasteiger partial charge in [-0.25, -0.2) is 0 Å². The summed E-state index contributed by atoms with van der Waals surface area (Å²) in [6.45, 7) is 0. The summed E-state index contributed by atoms with van der Waals surface area (Å²) < 4.78 is 0. The Kier molecular flexibility index (Phi) is 8.49. The lowest BCUT2D eigenvalue weighted by Gasteiger charge is -2.18. The molecular weight excluding hydrogens is 356 g/mol. The van der Waals surface area contributed by atoms with Crippen LogP contribution in [0, 0.1) is 0 Å². The molecule has 0 fully saturated rings. The van der Waals surface area contributed by atoms with Crippen LogP contribution in [-0.4, -0.2) is 19.3 Å². The van der Waals surface area contributed by atoms with E-state index in [1.54, 1.807) is 0 Å². The summed E-state index contributed by atoms with van der Waals surface area (Å²) in [7, 11) is 0. The Balaban J connectivity index is 5.27. The first kappa shape index (κ1) is 16.1. The molecule has 0 spiro atoms. The average Bonchev–Trinajstić information content (AvgIpc) is 1.96. The fourth-order valence-corrected chi connectivity index (χ4v) is 3.23. The van der Waals surface area contributed by atoms with Gasteiger partial charge < -0.3 is 0 Å². The molecule has 84 valence electrons. The second-order valence-electron chi connectivity index (χ2n) is 2.11. The molecule has 0 amide bonds. The van der Waals surface area contributed by atoms with E-state index in [2.05, 4.69) is 0 Å². The van der Waals surface area contributed by atoms with Gasteiger partial charge in [0.2, 0.25) is 0 Å². The third kappa shape index (κ3) is 4.93. The van der Waals surface area contributed by atoms with Gasteiger partial charge in [0.05, 0.1) is 0 Å². The van der Waals surface area contributed by atoms with Crippen molar-refractivity contribution in [3.05, 3.63) is 11.1 Å². The Labute approximate surface area is 122 Å². The Hall–Kier alpha value is 2.06. The van der Waals surface area contributed by atoms with E-state index in [0.717, 1.165) is 0 Å². The molecule has 0 saturated heterocycles. The van der Waals surface area contributed by atoms with Crippen molar-refractivity contribution in [3.8, 4) is 0 Å². The van der Waals surface area contributed by atoms with Crippen LogP contribution in [-0.2, 0) is 0 Å². The number of halogens is 8. The molecule has 0 aromatic rings. The second-order valence-corrected chi connectivity index (χ2v) is 6.50. The molecule has 0 radical (unpaired) electrons. The van der Waals surface area contributed by atoms with E-state index in [1.165, 1.54) is 0 Å². The van der Waals surface area contributed by atoms with Crippen LogP contribution in [0.2, 0.25) is 0 Å². The van der Waals surface area contributed by atoms with Crippen LogP contribution in [0.4, 0.5) is 0 Å². The van der Waals surface area contributed by atoms with Crippen molar-refractivity contribution in [1.29, 1.82) is 0 Å². The molecule has 0 rings (SSSR count). The molecule has 0 heterocycles. The molecule has 0 bridgehead atoms. The summed E-state index contributed by atoms with van der Waals surface area (Å²) in [5.74, 6) is 0. The lowest BCUT2D eigenvalue weighted by Crippen LogP contribution is -2.15. The van der Waals surface area contributed by atoms with Crippen molar-refractivity contribution in [2.45, 2.75) is 19.3 Å². The standard InChI is InChI=1S/C6H4Cl8/c7-3(8)1(4(9)10)2(5(11)12)6(13)14/h3-6H. The van der Waals surface area contributed by atoms with Crippen LogP contribution in [0.5, 0.6) is 0 Å². The van der Waals surface area contributed by atoms with Gasteiger partial charge in [0.25, 0.3) is 0 Å². The monoisotopic (exact) mass is 356 g/mol. The molecule has 0 nitrogen and oxygen atoms in total. The van der Waals surface area contributed by atoms with Crippen LogP contribution < -0.4 is 0 Å². The first-order valence-electron chi connectivity index (χ1n) is 3.15. The summed E-state index contributed by atoms with van der Waals surface area (Å²) in [6.07, 6.45) is 0. The molecule has 0 atom stereocenters. The lowest BCUT2D eigenvalue weighted by atomic mass is 10.2. The van der Waals surface area contributed by atoms with Crippen molar-refractivity contribution in [3.63, 3.8) is 0 Å². The summed E-state index contributed by atoms with van der Waals surface area (Å²) in [4.78, 5) is -3.87. The maximum Gasteiger partial charge on any atom is 0.131 e. The molecule has 0 saturated carbocycles. The van der Waals surface area contributed by atoms with Gasteiger partial charge in [-0.2, -0.15) is 0 Å². The fraction of sp³-hybridized carbons (Fsp3) is 0.667. The molecule has 0 unspecified atom stereocenters.